The molecule has 0 spiro atoms. The van der Waals surface area contributed by atoms with Crippen LogP contribution in [0.5, 0.6) is 0 Å². The van der Waals surface area contributed by atoms with Crippen molar-refractivity contribution in [2.45, 2.75) is 20.3 Å². The van der Waals surface area contributed by atoms with Crippen molar-refractivity contribution in [3.63, 3.8) is 0 Å². The van der Waals surface area contributed by atoms with Gasteiger partial charge in [-0.25, -0.2) is 13.8 Å². The lowest BCUT2D eigenvalue weighted by Crippen LogP contribution is -2.03. The summed E-state index contributed by atoms with van der Waals surface area (Å²) in [6, 6.07) is 6.05. The third-order valence-corrected chi connectivity index (χ3v) is 2.87. The maximum absolute atomic E-state index is 13.9. The van der Waals surface area contributed by atoms with Crippen molar-refractivity contribution >= 4 is 17.2 Å². The van der Waals surface area contributed by atoms with Crippen LogP contribution in [-0.4, -0.2) is 11.5 Å². The SMILES string of the molecule is CCCNc1cc(Nc2c(F)ccc(C)c2F)ccn1. The number of rotatable bonds is 5. The Morgan fingerprint density at radius 2 is 2.00 bits per heavy atom. The van der Waals surface area contributed by atoms with Crippen LogP contribution in [0.3, 0.4) is 0 Å². The number of halogens is 2. The summed E-state index contributed by atoms with van der Waals surface area (Å²) in [5, 5.41) is 5.89. The molecule has 0 aliphatic carbocycles. The van der Waals surface area contributed by atoms with Gasteiger partial charge in [0, 0.05) is 24.5 Å². The van der Waals surface area contributed by atoms with Gasteiger partial charge in [0.1, 0.15) is 17.3 Å². The molecule has 2 aromatic rings. The van der Waals surface area contributed by atoms with E-state index in [2.05, 4.69) is 15.6 Å². The highest BCUT2D eigenvalue weighted by Crippen LogP contribution is 2.26. The zero-order valence-electron chi connectivity index (χ0n) is 11.5. The summed E-state index contributed by atoms with van der Waals surface area (Å²) in [6.07, 6.45) is 2.56. The van der Waals surface area contributed by atoms with E-state index in [1.807, 2.05) is 6.92 Å². The van der Waals surface area contributed by atoms with Crippen LogP contribution in [0.1, 0.15) is 18.9 Å². The maximum Gasteiger partial charge on any atom is 0.152 e. The second kappa shape index (κ2) is 6.32. The minimum absolute atomic E-state index is 0.141. The van der Waals surface area contributed by atoms with Crippen molar-refractivity contribution < 1.29 is 8.78 Å². The van der Waals surface area contributed by atoms with Crippen molar-refractivity contribution in [1.29, 1.82) is 0 Å². The molecule has 1 aromatic heterocycles. The van der Waals surface area contributed by atoms with Gasteiger partial charge in [-0.05, 0) is 31.0 Å². The normalized spacial score (nSPS) is 10.4. The predicted molar refractivity (Wildman–Crippen MR) is 77.4 cm³/mol. The lowest BCUT2D eigenvalue weighted by Gasteiger charge is -2.11. The molecule has 0 bridgehead atoms. The van der Waals surface area contributed by atoms with Gasteiger partial charge in [0.05, 0.1) is 0 Å². The van der Waals surface area contributed by atoms with Gasteiger partial charge >= 0.3 is 0 Å². The fourth-order valence-corrected chi connectivity index (χ4v) is 1.77. The number of pyridine rings is 1. The van der Waals surface area contributed by atoms with Gasteiger partial charge in [0.15, 0.2) is 5.82 Å². The molecule has 2 N–H and O–H groups in total. The van der Waals surface area contributed by atoms with Crippen molar-refractivity contribution in [2.75, 3.05) is 17.2 Å². The van der Waals surface area contributed by atoms with Gasteiger partial charge in [-0.3, -0.25) is 0 Å². The number of hydrogen-bond donors (Lipinski definition) is 2. The standard InChI is InChI=1S/C15H17F2N3/c1-3-7-18-13-9-11(6-8-19-13)20-15-12(16)5-4-10(2)14(15)17/h4-6,8-9H,3,7H2,1-2H3,(H2,18,19,20). The second-order valence-electron chi connectivity index (χ2n) is 4.53. The minimum atomic E-state index is -0.618. The van der Waals surface area contributed by atoms with Gasteiger partial charge < -0.3 is 10.6 Å². The zero-order valence-corrected chi connectivity index (χ0v) is 11.5. The average molecular weight is 277 g/mol. The van der Waals surface area contributed by atoms with E-state index in [1.165, 1.54) is 12.1 Å². The average Bonchev–Trinajstić information content (AvgIpc) is 2.46. The van der Waals surface area contributed by atoms with E-state index >= 15 is 0 Å². The molecule has 5 heteroatoms. The summed E-state index contributed by atoms with van der Waals surface area (Å²) in [5.74, 6) is -0.525. The Kier molecular flexibility index (Phi) is 4.50. The molecular weight excluding hydrogens is 260 g/mol. The van der Waals surface area contributed by atoms with Gasteiger partial charge in [-0.15, -0.1) is 0 Å². The van der Waals surface area contributed by atoms with E-state index in [0.717, 1.165) is 13.0 Å². The molecule has 1 heterocycles. The lowest BCUT2D eigenvalue weighted by atomic mass is 10.2. The molecule has 1 aromatic carbocycles. The minimum Gasteiger partial charge on any atom is -0.370 e. The van der Waals surface area contributed by atoms with E-state index in [1.54, 1.807) is 25.3 Å². The molecule has 0 radical (unpaired) electrons. The summed E-state index contributed by atoms with van der Waals surface area (Å²) in [6.45, 7) is 4.44. The molecule has 106 valence electrons. The van der Waals surface area contributed by atoms with Crippen LogP contribution >= 0.6 is 0 Å². The molecule has 0 saturated carbocycles. The summed E-state index contributed by atoms with van der Waals surface area (Å²) < 4.78 is 27.6. The van der Waals surface area contributed by atoms with Crippen LogP contribution < -0.4 is 10.6 Å². The Balaban J connectivity index is 2.24. The van der Waals surface area contributed by atoms with Crippen LogP contribution in [0.2, 0.25) is 0 Å². The van der Waals surface area contributed by atoms with Gasteiger partial charge in [-0.2, -0.15) is 0 Å². The number of aromatic nitrogens is 1. The molecular formula is C15H17F2N3. The van der Waals surface area contributed by atoms with E-state index in [-0.39, 0.29) is 5.69 Å². The quantitative estimate of drug-likeness (QED) is 0.858. The summed E-state index contributed by atoms with van der Waals surface area (Å²) in [7, 11) is 0. The number of nitrogens with one attached hydrogen (secondary N) is 2. The van der Waals surface area contributed by atoms with E-state index in [9.17, 15) is 8.78 Å². The van der Waals surface area contributed by atoms with Crippen molar-refractivity contribution in [1.82, 2.24) is 4.98 Å². The Labute approximate surface area is 117 Å². The number of hydrogen-bond acceptors (Lipinski definition) is 3. The Morgan fingerprint density at radius 1 is 1.20 bits per heavy atom. The first-order valence-corrected chi connectivity index (χ1v) is 6.53. The molecule has 2 rings (SSSR count). The van der Waals surface area contributed by atoms with Gasteiger partial charge in [-0.1, -0.05) is 13.0 Å². The summed E-state index contributed by atoms with van der Waals surface area (Å²) in [4.78, 5) is 4.14. The Hall–Kier alpha value is -2.17. The highest BCUT2D eigenvalue weighted by molar-refractivity contribution is 5.64. The van der Waals surface area contributed by atoms with Crippen molar-refractivity contribution in [3.8, 4) is 0 Å². The molecule has 0 atom stereocenters. The van der Waals surface area contributed by atoms with E-state index in [4.69, 9.17) is 0 Å². The molecule has 0 fully saturated rings. The number of anilines is 3. The molecule has 0 aliphatic rings. The Bertz CT molecular complexity index is 600. The molecule has 0 unspecified atom stereocenters. The highest BCUT2D eigenvalue weighted by Gasteiger charge is 2.11. The fraction of sp³-hybridized carbons (Fsp3) is 0.267. The summed E-state index contributed by atoms with van der Waals surface area (Å²) in [5.41, 5.74) is 0.840. The zero-order chi connectivity index (χ0) is 14.5. The molecule has 0 amide bonds. The van der Waals surface area contributed by atoms with Crippen LogP contribution in [0.25, 0.3) is 0 Å². The predicted octanol–water partition coefficient (Wildman–Crippen LogP) is 4.23. The first kappa shape index (κ1) is 14.2. The topological polar surface area (TPSA) is 37.0 Å². The number of nitrogens with zero attached hydrogens (tertiary/aromatic N) is 1. The monoisotopic (exact) mass is 277 g/mol. The van der Waals surface area contributed by atoms with E-state index < -0.39 is 11.6 Å². The van der Waals surface area contributed by atoms with E-state index in [0.29, 0.717) is 17.1 Å². The van der Waals surface area contributed by atoms with Crippen LogP contribution in [0.15, 0.2) is 30.5 Å². The third kappa shape index (κ3) is 3.23. The number of aryl methyl sites for hydroxylation is 1. The maximum atomic E-state index is 13.9. The molecule has 20 heavy (non-hydrogen) atoms. The van der Waals surface area contributed by atoms with Crippen molar-refractivity contribution in [3.05, 3.63) is 47.7 Å². The van der Waals surface area contributed by atoms with Crippen LogP contribution in [0, 0.1) is 18.6 Å². The third-order valence-electron chi connectivity index (χ3n) is 2.87. The molecule has 0 aliphatic heterocycles. The Morgan fingerprint density at radius 3 is 2.75 bits per heavy atom. The van der Waals surface area contributed by atoms with Crippen LogP contribution in [0.4, 0.5) is 26.0 Å². The fourth-order valence-electron chi connectivity index (χ4n) is 1.77. The first-order chi connectivity index (χ1) is 9.61. The first-order valence-electron chi connectivity index (χ1n) is 6.53. The number of benzene rings is 1. The largest absolute Gasteiger partial charge is 0.370 e. The lowest BCUT2D eigenvalue weighted by molar-refractivity contribution is 0.585. The molecule has 3 nitrogen and oxygen atoms in total. The van der Waals surface area contributed by atoms with Gasteiger partial charge in [0.25, 0.3) is 0 Å². The smallest absolute Gasteiger partial charge is 0.152 e. The van der Waals surface area contributed by atoms with Crippen molar-refractivity contribution in [2.24, 2.45) is 0 Å². The summed E-state index contributed by atoms with van der Waals surface area (Å²) >= 11 is 0. The molecule has 0 saturated heterocycles. The second-order valence-corrected chi connectivity index (χ2v) is 4.53. The van der Waals surface area contributed by atoms with Gasteiger partial charge in [0.2, 0.25) is 0 Å². The van der Waals surface area contributed by atoms with Crippen LogP contribution in [-0.2, 0) is 0 Å². The highest BCUT2D eigenvalue weighted by atomic mass is 19.1.